The number of anilines is 2. The van der Waals surface area contributed by atoms with Crippen LogP contribution in [0.15, 0.2) is 24.3 Å². The van der Waals surface area contributed by atoms with Crippen molar-refractivity contribution in [3.8, 4) is 0 Å². The zero-order valence-corrected chi connectivity index (χ0v) is 16.4. The largest absolute Gasteiger partial charge is 0.366 e. The maximum absolute atomic E-state index is 14.3. The molecule has 2 aromatic carbocycles. The van der Waals surface area contributed by atoms with Gasteiger partial charge in [0.25, 0.3) is 5.91 Å². The summed E-state index contributed by atoms with van der Waals surface area (Å²) in [5.41, 5.74) is 0.951. The van der Waals surface area contributed by atoms with Gasteiger partial charge in [0.15, 0.2) is 23.7 Å². The highest BCUT2D eigenvalue weighted by molar-refractivity contribution is 14.1. The second-order valence-corrected chi connectivity index (χ2v) is 7.59. The van der Waals surface area contributed by atoms with E-state index in [1.54, 1.807) is 12.1 Å². The van der Waals surface area contributed by atoms with E-state index in [4.69, 9.17) is 16.4 Å². The summed E-state index contributed by atoms with van der Waals surface area (Å²) in [7, 11) is 0. The molecule has 1 unspecified atom stereocenters. The van der Waals surface area contributed by atoms with Gasteiger partial charge in [-0.1, -0.05) is 11.6 Å². The molecule has 0 heterocycles. The first-order chi connectivity index (χ1) is 12.8. The lowest BCUT2D eigenvalue weighted by Gasteiger charge is -2.16. The topological polar surface area (TPSA) is 70.6 Å². The number of hydrogen-bond donors (Lipinski definition) is 3. The van der Waals surface area contributed by atoms with Gasteiger partial charge in [-0.05, 0) is 59.7 Å². The smallest absolute Gasteiger partial charge is 0.277 e. The molecule has 0 spiro atoms. The number of benzene rings is 2. The maximum atomic E-state index is 14.3. The van der Waals surface area contributed by atoms with Crippen molar-refractivity contribution in [2.24, 2.45) is 5.92 Å². The average molecular weight is 513 g/mol. The van der Waals surface area contributed by atoms with Crippen LogP contribution in [-0.2, 0) is 4.84 Å². The maximum Gasteiger partial charge on any atom is 0.277 e. The lowest BCUT2D eigenvalue weighted by molar-refractivity contribution is -0.145. The van der Waals surface area contributed by atoms with E-state index in [1.165, 1.54) is 6.07 Å². The number of aliphatic hydroxyl groups excluding tert-OH is 1. The van der Waals surface area contributed by atoms with Gasteiger partial charge in [-0.15, -0.1) is 0 Å². The summed E-state index contributed by atoms with van der Waals surface area (Å²) < 4.78 is 42.5. The molecule has 3 rings (SSSR count). The number of aliphatic hydroxyl groups is 1. The van der Waals surface area contributed by atoms with Crippen molar-refractivity contribution in [1.29, 1.82) is 0 Å². The predicted octanol–water partition coefficient (Wildman–Crippen LogP) is 4.50. The SMILES string of the molecule is O=C(NOC(O)C1CC1)c1cc(F)c(F)c(F)c1Nc1ccc(I)cc1Cl. The molecule has 5 nitrogen and oxygen atoms in total. The Morgan fingerprint density at radius 1 is 1.26 bits per heavy atom. The molecule has 1 aliphatic carbocycles. The van der Waals surface area contributed by atoms with Crippen LogP contribution < -0.4 is 10.8 Å². The lowest BCUT2D eigenvalue weighted by Crippen LogP contribution is -2.31. The number of nitrogens with one attached hydrogen (secondary N) is 2. The van der Waals surface area contributed by atoms with Gasteiger partial charge >= 0.3 is 0 Å². The molecule has 10 heteroatoms. The van der Waals surface area contributed by atoms with Crippen LogP contribution >= 0.6 is 34.2 Å². The van der Waals surface area contributed by atoms with Crippen LogP contribution in [0.25, 0.3) is 0 Å². The molecule has 1 atom stereocenters. The normalized spacial score (nSPS) is 14.7. The van der Waals surface area contributed by atoms with Gasteiger partial charge in [-0.3, -0.25) is 4.79 Å². The summed E-state index contributed by atoms with van der Waals surface area (Å²) in [6.45, 7) is 0. The Bertz CT molecular complexity index is 896. The first-order valence-corrected chi connectivity index (χ1v) is 9.27. The fraction of sp³-hybridized carbons (Fsp3) is 0.235. The molecular weight excluding hydrogens is 500 g/mol. The summed E-state index contributed by atoms with van der Waals surface area (Å²) in [5, 5.41) is 12.3. The highest BCUT2D eigenvalue weighted by atomic mass is 127. The van der Waals surface area contributed by atoms with Crippen LogP contribution in [0.2, 0.25) is 5.02 Å². The van der Waals surface area contributed by atoms with E-state index in [0.717, 1.165) is 16.4 Å². The van der Waals surface area contributed by atoms with Crippen LogP contribution in [-0.4, -0.2) is 17.3 Å². The fourth-order valence-corrected chi connectivity index (χ4v) is 3.17. The van der Waals surface area contributed by atoms with Crippen molar-refractivity contribution in [3.05, 3.63) is 55.9 Å². The third-order valence-electron chi connectivity index (χ3n) is 3.90. The van der Waals surface area contributed by atoms with Crippen molar-refractivity contribution in [2.75, 3.05) is 5.32 Å². The molecule has 1 saturated carbocycles. The van der Waals surface area contributed by atoms with Crippen LogP contribution in [0.3, 0.4) is 0 Å². The number of halogens is 5. The highest BCUT2D eigenvalue weighted by Gasteiger charge is 2.32. The lowest BCUT2D eigenvalue weighted by atomic mass is 10.1. The average Bonchev–Trinajstić information content (AvgIpc) is 3.46. The van der Waals surface area contributed by atoms with Gasteiger partial charge < -0.3 is 10.4 Å². The van der Waals surface area contributed by atoms with Crippen molar-refractivity contribution >= 4 is 51.5 Å². The van der Waals surface area contributed by atoms with Crippen molar-refractivity contribution in [3.63, 3.8) is 0 Å². The molecule has 0 aromatic heterocycles. The van der Waals surface area contributed by atoms with E-state index in [2.05, 4.69) is 5.32 Å². The van der Waals surface area contributed by atoms with E-state index >= 15 is 0 Å². The summed E-state index contributed by atoms with van der Waals surface area (Å²) in [6.07, 6.45) is 0.260. The third-order valence-corrected chi connectivity index (χ3v) is 4.88. The Morgan fingerprint density at radius 2 is 1.96 bits per heavy atom. The van der Waals surface area contributed by atoms with Gasteiger partial charge in [0.05, 0.1) is 22.0 Å². The van der Waals surface area contributed by atoms with Crippen LogP contribution in [0.5, 0.6) is 0 Å². The number of rotatable bonds is 6. The van der Waals surface area contributed by atoms with Gasteiger partial charge in [-0.25, -0.2) is 23.5 Å². The molecule has 0 aliphatic heterocycles. The Morgan fingerprint density at radius 3 is 2.59 bits per heavy atom. The minimum absolute atomic E-state index is 0.102. The van der Waals surface area contributed by atoms with E-state index in [9.17, 15) is 23.1 Å². The molecular formula is C17H13ClF3IN2O3. The van der Waals surface area contributed by atoms with Gasteiger partial charge in [0.2, 0.25) is 0 Å². The minimum atomic E-state index is -1.74. The molecule has 27 heavy (non-hydrogen) atoms. The molecule has 0 bridgehead atoms. The molecule has 1 aliphatic rings. The number of carbonyl (C=O) groups excluding carboxylic acids is 1. The number of hydroxylamine groups is 1. The number of amides is 1. The van der Waals surface area contributed by atoms with Gasteiger partial charge in [0.1, 0.15) is 0 Å². The zero-order valence-electron chi connectivity index (χ0n) is 13.5. The van der Waals surface area contributed by atoms with E-state index in [1.807, 2.05) is 28.1 Å². The van der Waals surface area contributed by atoms with E-state index in [0.29, 0.717) is 6.07 Å². The Labute approximate surface area is 170 Å². The quantitative estimate of drug-likeness (QED) is 0.231. The summed E-state index contributed by atoms with van der Waals surface area (Å²) in [6, 6.07) is 5.25. The second kappa shape index (κ2) is 8.21. The van der Waals surface area contributed by atoms with E-state index in [-0.39, 0.29) is 16.6 Å². The number of carbonyl (C=O) groups is 1. The number of hydrogen-bond acceptors (Lipinski definition) is 4. The standard InChI is InChI=1S/C17H13ClF3IN2O3/c18-10-5-8(22)3-4-12(10)23-15-9(6-11(19)13(20)14(15)21)16(25)24-27-17(26)7-1-2-7/h3-7,17,23,26H,1-2H2,(H,24,25). The van der Waals surface area contributed by atoms with Crippen LogP contribution in [0.1, 0.15) is 23.2 Å². The molecule has 2 aromatic rings. The molecule has 144 valence electrons. The second-order valence-electron chi connectivity index (χ2n) is 5.94. The third kappa shape index (κ3) is 4.65. The highest BCUT2D eigenvalue weighted by Crippen LogP contribution is 2.34. The predicted molar refractivity (Wildman–Crippen MR) is 101 cm³/mol. The van der Waals surface area contributed by atoms with Gasteiger partial charge in [0, 0.05) is 9.49 Å². The Kier molecular flexibility index (Phi) is 6.14. The first kappa shape index (κ1) is 20.2. The van der Waals surface area contributed by atoms with Crippen LogP contribution in [0.4, 0.5) is 24.5 Å². The van der Waals surface area contributed by atoms with Gasteiger partial charge in [-0.2, -0.15) is 0 Å². The summed E-state index contributed by atoms with van der Waals surface area (Å²) in [4.78, 5) is 17.1. The monoisotopic (exact) mass is 512 g/mol. The van der Waals surface area contributed by atoms with Crippen molar-refractivity contribution < 1.29 is 27.9 Å². The van der Waals surface area contributed by atoms with Crippen molar-refractivity contribution in [2.45, 2.75) is 19.1 Å². The zero-order chi connectivity index (χ0) is 19.7. The molecule has 3 N–H and O–H groups in total. The van der Waals surface area contributed by atoms with Crippen molar-refractivity contribution in [1.82, 2.24) is 5.48 Å². The first-order valence-electron chi connectivity index (χ1n) is 7.81. The molecule has 1 amide bonds. The Hall–Kier alpha value is -1.56. The van der Waals surface area contributed by atoms with E-state index < -0.39 is 40.9 Å². The minimum Gasteiger partial charge on any atom is -0.366 e. The fourth-order valence-electron chi connectivity index (χ4n) is 2.27. The summed E-state index contributed by atoms with van der Waals surface area (Å²) in [5.74, 6) is -6.03. The molecule has 0 radical (unpaired) electrons. The summed E-state index contributed by atoms with van der Waals surface area (Å²) >= 11 is 8.08. The molecule has 0 saturated heterocycles. The van der Waals surface area contributed by atoms with Crippen LogP contribution in [0, 0.1) is 26.9 Å². The Balaban J connectivity index is 1.91. The molecule has 1 fully saturated rings.